The van der Waals surface area contributed by atoms with Crippen molar-refractivity contribution in [3.8, 4) is 33.6 Å². The number of halogens is 2. The van der Waals surface area contributed by atoms with E-state index in [-0.39, 0.29) is 47.1 Å². The number of carbonyl (C=O) groups excluding carboxylic acids is 4. The maximum atomic E-state index is 15.7. The van der Waals surface area contributed by atoms with Crippen LogP contribution in [-0.4, -0.2) is 119 Å². The van der Waals surface area contributed by atoms with Crippen LogP contribution >= 0.6 is 0 Å². The SMILES string of the molecule is COC(=O)N[C@H](C(=O)N1[C@@H](C)CC[C@H]1c1nc(-c2ccc(-c3ccc(-c4nc([C@@H]5CC[C@H](C)N5C(=O)[C@@H](NC(=O)OC)C5CCOCC5)[nH]c4F)cc3)cc2)c(F)[nH]1)C1CCOCC1. The van der Waals surface area contributed by atoms with Crippen LogP contribution in [0.4, 0.5) is 18.4 Å². The summed E-state index contributed by atoms with van der Waals surface area (Å²) in [4.78, 5) is 71.4. The zero-order valence-electron chi connectivity index (χ0n) is 36.5. The molecule has 6 heterocycles. The lowest BCUT2D eigenvalue weighted by atomic mass is 9.90. The molecule has 4 amide bonds. The highest BCUT2D eigenvalue weighted by Gasteiger charge is 2.45. The number of ether oxygens (including phenoxy) is 4. The van der Waals surface area contributed by atoms with E-state index in [4.69, 9.17) is 18.9 Å². The number of imidazole rings is 2. The number of hydrogen-bond acceptors (Lipinski definition) is 10. The normalized spacial score (nSPS) is 22.8. The monoisotopic (exact) mass is 886 g/mol. The highest BCUT2D eigenvalue weighted by molar-refractivity contribution is 5.87. The van der Waals surface area contributed by atoms with Crippen LogP contribution in [0.25, 0.3) is 33.6 Å². The molecule has 18 heteroatoms. The number of nitrogens with one attached hydrogen (secondary N) is 4. The number of aromatic amines is 2. The Hall–Kier alpha value is -5.88. The van der Waals surface area contributed by atoms with E-state index in [1.165, 1.54) is 14.2 Å². The zero-order valence-corrected chi connectivity index (χ0v) is 36.5. The molecule has 4 N–H and O–H groups in total. The summed E-state index contributed by atoms with van der Waals surface area (Å²) in [5.74, 6) is -1.37. The molecule has 0 aliphatic carbocycles. The van der Waals surface area contributed by atoms with E-state index < -0.39 is 48.2 Å². The van der Waals surface area contributed by atoms with E-state index in [2.05, 4.69) is 30.6 Å². The largest absolute Gasteiger partial charge is 0.453 e. The molecule has 4 aliphatic heterocycles. The van der Waals surface area contributed by atoms with Gasteiger partial charge in [0.1, 0.15) is 35.1 Å². The summed E-state index contributed by atoms with van der Waals surface area (Å²) in [6.07, 6.45) is 3.57. The average Bonchev–Trinajstić information content (AvgIpc) is 4.12. The van der Waals surface area contributed by atoms with Gasteiger partial charge in [-0.15, -0.1) is 0 Å². The van der Waals surface area contributed by atoms with Crippen molar-refractivity contribution in [2.45, 2.75) is 101 Å². The maximum absolute atomic E-state index is 15.7. The third-order valence-corrected chi connectivity index (χ3v) is 13.4. The Bertz CT molecular complexity index is 2130. The summed E-state index contributed by atoms with van der Waals surface area (Å²) in [5, 5.41) is 5.51. The first-order chi connectivity index (χ1) is 30.9. The summed E-state index contributed by atoms with van der Waals surface area (Å²) < 4.78 is 52.0. The molecule has 4 aliphatic rings. The Morgan fingerprint density at radius 2 is 0.938 bits per heavy atom. The van der Waals surface area contributed by atoms with Gasteiger partial charge in [0.05, 0.1) is 26.3 Å². The average molecular weight is 887 g/mol. The molecule has 0 spiro atoms. The number of H-pyrrole nitrogens is 2. The summed E-state index contributed by atoms with van der Waals surface area (Å²) >= 11 is 0. The summed E-state index contributed by atoms with van der Waals surface area (Å²) in [6, 6.07) is 11.5. The Morgan fingerprint density at radius 3 is 1.28 bits per heavy atom. The van der Waals surface area contributed by atoms with Crippen LogP contribution in [0, 0.1) is 23.7 Å². The van der Waals surface area contributed by atoms with Gasteiger partial charge < -0.3 is 49.3 Å². The molecule has 16 nitrogen and oxygen atoms in total. The maximum Gasteiger partial charge on any atom is 0.407 e. The number of nitrogens with zero attached hydrogens (tertiary/aromatic N) is 4. The van der Waals surface area contributed by atoms with Gasteiger partial charge in [0.15, 0.2) is 0 Å². The number of rotatable bonds is 11. The van der Waals surface area contributed by atoms with E-state index in [1.807, 2.05) is 38.1 Å². The standard InChI is InChI=1S/C46H56F2N8O8/c1-25-5-15-33(55(25)43(57)37(51-45(59)61-3)31-17-21-63-22-18-31)41-49-35(39(47)53-41)29-11-7-27(8-12-29)28-9-13-30(14-10-28)36-40(48)54-42(50-36)34-16-6-26(2)56(34)44(58)38(52-46(60)62-4)32-19-23-64-24-20-32/h7-14,25-26,31-34,37-38H,5-6,15-24H2,1-4H3,(H,49,53)(H,50,54)(H,51,59)(H,52,60)/t25-,26-,33-,34-,37-,38-/m0/s1. The Kier molecular flexibility index (Phi) is 13.6. The molecule has 2 aromatic heterocycles. The molecular weight excluding hydrogens is 831 g/mol. The van der Waals surface area contributed by atoms with Gasteiger partial charge in [-0.25, -0.2) is 19.6 Å². The minimum atomic E-state index is -0.820. The van der Waals surface area contributed by atoms with Crippen LogP contribution in [0.15, 0.2) is 48.5 Å². The lowest BCUT2D eigenvalue weighted by Gasteiger charge is -2.36. The van der Waals surface area contributed by atoms with Crippen LogP contribution in [0.2, 0.25) is 0 Å². The number of hydrogen-bond donors (Lipinski definition) is 4. The highest BCUT2D eigenvalue weighted by Crippen LogP contribution is 2.40. The fourth-order valence-corrected chi connectivity index (χ4v) is 9.88. The minimum absolute atomic E-state index is 0.123. The number of methoxy groups -OCH3 is 2. The first-order valence-electron chi connectivity index (χ1n) is 22.2. The van der Waals surface area contributed by atoms with Crippen LogP contribution in [-0.2, 0) is 28.5 Å². The van der Waals surface area contributed by atoms with Crippen molar-refractivity contribution in [1.29, 1.82) is 0 Å². The third-order valence-electron chi connectivity index (χ3n) is 13.4. The van der Waals surface area contributed by atoms with Crippen molar-refractivity contribution >= 4 is 24.0 Å². The van der Waals surface area contributed by atoms with Crippen LogP contribution in [0.3, 0.4) is 0 Å². The van der Waals surface area contributed by atoms with Gasteiger partial charge in [0, 0.05) is 49.6 Å². The van der Waals surface area contributed by atoms with E-state index in [0.29, 0.717) is 101 Å². The van der Waals surface area contributed by atoms with E-state index in [9.17, 15) is 19.2 Å². The van der Waals surface area contributed by atoms with E-state index >= 15 is 8.78 Å². The second kappa shape index (κ2) is 19.5. The molecule has 8 rings (SSSR count). The van der Waals surface area contributed by atoms with Crippen molar-refractivity contribution in [2.75, 3.05) is 40.6 Å². The second-order valence-corrected chi connectivity index (χ2v) is 17.2. The highest BCUT2D eigenvalue weighted by atomic mass is 19.1. The fraction of sp³-hybridized carbons (Fsp3) is 0.522. The van der Waals surface area contributed by atoms with Crippen LogP contribution < -0.4 is 10.6 Å². The van der Waals surface area contributed by atoms with Crippen molar-refractivity contribution in [1.82, 2.24) is 40.4 Å². The van der Waals surface area contributed by atoms with Crippen molar-refractivity contribution in [2.24, 2.45) is 11.8 Å². The first kappa shape index (κ1) is 44.7. The molecule has 0 unspecified atom stereocenters. The number of aromatic nitrogens is 4. The van der Waals surface area contributed by atoms with Gasteiger partial charge >= 0.3 is 12.2 Å². The predicted molar refractivity (Wildman–Crippen MR) is 229 cm³/mol. The summed E-state index contributed by atoms with van der Waals surface area (Å²) in [6.45, 7) is 5.84. The van der Waals surface area contributed by atoms with Gasteiger partial charge in [-0.3, -0.25) is 9.59 Å². The number of likely N-dealkylation sites (tertiary alicyclic amines) is 2. The Balaban J connectivity index is 0.961. The molecule has 4 aromatic rings. The second-order valence-electron chi connectivity index (χ2n) is 17.2. The number of amides is 4. The van der Waals surface area contributed by atoms with E-state index in [0.717, 1.165) is 11.1 Å². The molecule has 4 fully saturated rings. The number of carbonyl (C=O) groups is 4. The van der Waals surface area contributed by atoms with Gasteiger partial charge in [-0.1, -0.05) is 48.5 Å². The molecule has 0 radical (unpaired) electrons. The van der Waals surface area contributed by atoms with Gasteiger partial charge in [0.2, 0.25) is 23.7 Å². The predicted octanol–water partition coefficient (Wildman–Crippen LogP) is 6.82. The molecule has 6 atom stereocenters. The fourth-order valence-electron chi connectivity index (χ4n) is 9.88. The number of benzene rings is 2. The van der Waals surface area contributed by atoms with Gasteiger partial charge in [-0.2, -0.15) is 8.78 Å². The molecule has 0 bridgehead atoms. The quantitative estimate of drug-likeness (QED) is 0.124. The lowest BCUT2D eigenvalue weighted by Crippen LogP contribution is -2.54. The van der Waals surface area contributed by atoms with Crippen molar-refractivity contribution in [3.05, 3.63) is 72.1 Å². The minimum Gasteiger partial charge on any atom is -0.453 e. The molecular formula is C46H56F2N8O8. The third kappa shape index (κ3) is 9.20. The molecule has 4 saturated heterocycles. The number of alkyl carbamates (subject to hydrolysis) is 2. The zero-order chi connectivity index (χ0) is 45.1. The molecule has 2 aromatic carbocycles. The smallest absolute Gasteiger partial charge is 0.407 e. The van der Waals surface area contributed by atoms with Crippen LogP contribution in [0.5, 0.6) is 0 Å². The molecule has 342 valence electrons. The van der Waals surface area contributed by atoms with Gasteiger partial charge in [-0.05, 0) is 88.2 Å². The summed E-state index contributed by atoms with van der Waals surface area (Å²) in [7, 11) is 2.52. The first-order valence-corrected chi connectivity index (χ1v) is 22.2. The van der Waals surface area contributed by atoms with Gasteiger partial charge in [0.25, 0.3) is 0 Å². The Morgan fingerprint density at radius 1 is 0.594 bits per heavy atom. The Labute approximate surface area is 370 Å². The van der Waals surface area contributed by atoms with Crippen molar-refractivity contribution < 1.29 is 46.9 Å². The van der Waals surface area contributed by atoms with Crippen molar-refractivity contribution in [3.63, 3.8) is 0 Å². The molecule has 64 heavy (non-hydrogen) atoms. The lowest BCUT2D eigenvalue weighted by molar-refractivity contribution is -0.139. The topological polar surface area (TPSA) is 193 Å². The van der Waals surface area contributed by atoms with E-state index in [1.54, 1.807) is 34.1 Å². The molecule has 0 saturated carbocycles. The van der Waals surface area contributed by atoms with Crippen LogP contribution in [0.1, 0.15) is 88.9 Å². The summed E-state index contributed by atoms with van der Waals surface area (Å²) in [5.41, 5.74) is 2.99.